The topological polar surface area (TPSA) is 102 Å². The van der Waals surface area contributed by atoms with Gasteiger partial charge in [-0.15, -0.1) is 0 Å². The van der Waals surface area contributed by atoms with E-state index in [1.165, 1.54) is 29.6 Å². The zero-order valence-electron chi connectivity index (χ0n) is 16.3. The molecule has 0 bridgehead atoms. The highest BCUT2D eigenvalue weighted by atomic mass is 35.5. The molecule has 1 aliphatic rings. The summed E-state index contributed by atoms with van der Waals surface area (Å²) in [6.07, 6.45) is 1.59. The normalized spacial score (nSPS) is 14.3. The Morgan fingerprint density at radius 3 is 2.57 bits per heavy atom. The summed E-state index contributed by atoms with van der Waals surface area (Å²) in [5.41, 5.74) is 0.359. The van der Waals surface area contributed by atoms with E-state index in [0.29, 0.717) is 24.5 Å². The van der Waals surface area contributed by atoms with Crippen LogP contribution in [0.15, 0.2) is 47.4 Å². The van der Waals surface area contributed by atoms with Crippen LogP contribution in [0.1, 0.15) is 23.2 Å². The SMILES string of the molecule is COc1cccc(NC(=O)COC(=O)c2cc(S(=O)(=O)N3CCCC3)ccc2Cl)c1. The summed E-state index contributed by atoms with van der Waals surface area (Å²) in [6.45, 7) is 0.319. The molecule has 3 rings (SSSR count). The molecule has 0 spiro atoms. The molecule has 1 amide bonds. The van der Waals surface area contributed by atoms with Crippen LogP contribution in [0.2, 0.25) is 5.02 Å². The first kappa shape index (κ1) is 22.1. The summed E-state index contributed by atoms with van der Waals surface area (Å²) in [6, 6.07) is 10.6. The van der Waals surface area contributed by atoms with Crippen molar-refractivity contribution in [2.45, 2.75) is 17.7 Å². The highest BCUT2D eigenvalue weighted by Gasteiger charge is 2.28. The molecule has 160 valence electrons. The second kappa shape index (κ2) is 9.46. The maximum Gasteiger partial charge on any atom is 0.340 e. The van der Waals surface area contributed by atoms with Crippen molar-refractivity contribution in [2.24, 2.45) is 0 Å². The highest BCUT2D eigenvalue weighted by molar-refractivity contribution is 7.89. The number of esters is 1. The summed E-state index contributed by atoms with van der Waals surface area (Å²) in [4.78, 5) is 24.4. The van der Waals surface area contributed by atoms with Crippen LogP contribution >= 0.6 is 11.6 Å². The Morgan fingerprint density at radius 2 is 1.87 bits per heavy atom. The van der Waals surface area contributed by atoms with E-state index < -0.39 is 28.5 Å². The van der Waals surface area contributed by atoms with Crippen molar-refractivity contribution in [3.8, 4) is 5.75 Å². The third-order valence-corrected chi connectivity index (χ3v) is 6.77. The molecule has 0 aromatic heterocycles. The number of carbonyl (C=O) groups is 2. The van der Waals surface area contributed by atoms with E-state index in [0.717, 1.165) is 12.8 Å². The molecule has 10 heteroatoms. The Balaban J connectivity index is 1.67. The average Bonchev–Trinajstić information content (AvgIpc) is 3.28. The lowest BCUT2D eigenvalue weighted by Crippen LogP contribution is -2.28. The van der Waals surface area contributed by atoms with Crippen molar-refractivity contribution in [3.63, 3.8) is 0 Å². The summed E-state index contributed by atoms with van der Waals surface area (Å²) >= 11 is 6.06. The Hall–Kier alpha value is -2.62. The molecule has 0 aliphatic carbocycles. The molecular weight excluding hydrogens is 432 g/mol. The van der Waals surface area contributed by atoms with Gasteiger partial charge in [-0.05, 0) is 43.2 Å². The van der Waals surface area contributed by atoms with Gasteiger partial charge >= 0.3 is 5.97 Å². The molecule has 0 unspecified atom stereocenters. The molecule has 0 radical (unpaired) electrons. The molecule has 1 aliphatic heterocycles. The molecule has 30 heavy (non-hydrogen) atoms. The Kier molecular flexibility index (Phi) is 6.96. The van der Waals surface area contributed by atoms with Crippen LogP contribution in [-0.2, 0) is 19.6 Å². The predicted octanol–water partition coefficient (Wildman–Crippen LogP) is 2.93. The van der Waals surface area contributed by atoms with Crippen LogP contribution in [0.4, 0.5) is 5.69 Å². The van der Waals surface area contributed by atoms with Crippen LogP contribution in [0.3, 0.4) is 0 Å². The van der Waals surface area contributed by atoms with Gasteiger partial charge in [0.15, 0.2) is 6.61 Å². The molecular formula is C20H21ClN2O6S. The molecule has 1 saturated heterocycles. The number of ether oxygens (including phenoxy) is 2. The molecule has 1 heterocycles. The lowest BCUT2D eigenvalue weighted by molar-refractivity contribution is -0.119. The van der Waals surface area contributed by atoms with Crippen molar-refractivity contribution >= 4 is 39.2 Å². The van der Waals surface area contributed by atoms with E-state index >= 15 is 0 Å². The van der Waals surface area contributed by atoms with Crippen LogP contribution in [0.25, 0.3) is 0 Å². The zero-order valence-corrected chi connectivity index (χ0v) is 17.8. The number of methoxy groups -OCH3 is 1. The van der Waals surface area contributed by atoms with Gasteiger partial charge in [-0.3, -0.25) is 4.79 Å². The first-order valence-corrected chi connectivity index (χ1v) is 11.0. The van der Waals surface area contributed by atoms with Crippen LogP contribution < -0.4 is 10.1 Å². The summed E-state index contributed by atoms with van der Waals surface area (Å²) in [5.74, 6) is -0.888. The maximum absolute atomic E-state index is 12.7. The number of anilines is 1. The van der Waals surface area contributed by atoms with Gasteiger partial charge in [0.1, 0.15) is 5.75 Å². The van der Waals surface area contributed by atoms with Crippen molar-refractivity contribution in [2.75, 3.05) is 32.1 Å². The third kappa shape index (κ3) is 5.10. The van der Waals surface area contributed by atoms with Gasteiger partial charge < -0.3 is 14.8 Å². The number of nitrogens with zero attached hydrogens (tertiary/aromatic N) is 1. The lowest BCUT2D eigenvalue weighted by Gasteiger charge is -2.16. The van der Waals surface area contributed by atoms with E-state index in [9.17, 15) is 18.0 Å². The molecule has 1 N–H and O–H groups in total. The van der Waals surface area contributed by atoms with E-state index in [4.69, 9.17) is 21.1 Å². The molecule has 1 fully saturated rings. The van der Waals surface area contributed by atoms with Gasteiger partial charge in [-0.25, -0.2) is 13.2 Å². The van der Waals surface area contributed by atoms with E-state index in [1.54, 1.807) is 24.3 Å². The fourth-order valence-electron chi connectivity index (χ4n) is 3.01. The zero-order chi connectivity index (χ0) is 21.7. The van der Waals surface area contributed by atoms with Gasteiger partial charge in [0.05, 0.1) is 22.6 Å². The minimum absolute atomic E-state index is 0.0357. The van der Waals surface area contributed by atoms with E-state index in [1.807, 2.05) is 0 Å². The van der Waals surface area contributed by atoms with E-state index in [-0.39, 0.29) is 15.5 Å². The van der Waals surface area contributed by atoms with E-state index in [2.05, 4.69) is 5.32 Å². The number of amides is 1. The predicted molar refractivity (Wildman–Crippen MR) is 111 cm³/mol. The Bertz CT molecular complexity index is 1050. The van der Waals surface area contributed by atoms with Crippen molar-refractivity contribution < 1.29 is 27.5 Å². The number of hydrogen-bond donors (Lipinski definition) is 1. The summed E-state index contributed by atoms with van der Waals surface area (Å²) < 4.78 is 36.9. The van der Waals surface area contributed by atoms with Gasteiger partial charge in [0, 0.05) is 24.8 Å². The summed E-state index contributed by atoms with van der Waals surface area (Å²) in [5, 5.41) is 2.61. The van der Waals surface area contributed by atoms with Crippen molar-refractivity contribution in [1.82, 2.24) is 4.31 Å². The number of sulfonamides is 1. The minimum atomic E-state index is -3.71. The largest absolute Gasteiger partial charge is 0.497 e. The fraction of sp³-hybridized carbons (Fsp3) is 0.300. The molecule has 0 atom stereocenters. The Morgan fingerprint density at radius 1 is 1.13 bits per heavy atom. The van der Waals surface area contributed by atoms with Crippen molar-refractivity contribution in [3.05, 3.63) is 53.1 Å². The van der Waals surface area contributed by atoms with Crippen LogP contribution in [0.5, 0.6) is 5.75 Å². The van der Waals surface area contributed by atoms with Gasteiger partial charge in [0.2, 0.25) is 10.0 Å². The second-order valence-corrected chi connectivity index (χ2v) is 8.95. The first-order chi connectivity index (χ1) is 14.3. The van der Waals surface area contributed by atoms with Crippen molar-refractivity contribution in [1.29, 1.82) is 0 Å². The monoisotopic (exact) mass is 452 g/mol. The van der Waals surface area contributed by atoms with Gasteiger partial charge in [-0.1, -0.05) is 17.7 Å². The minimum Gasteiger partial charge on any atom is -0.497 e. The number of halogens is 1. The molecule has 2 aromatic carbocycles. The van der Waals surface area contributed by atoms with Crippen LogP contribution in [-0.4, -0.2) is 51.4 Å². The second-order valence-electron chi connectivity index (χ2n) is 6.61. The average molecular weight is 453 g/mol. The number of carbonyl (C=O) groups excluding carboxylic acids is 2. The summed E-state index contributed by atoms with van der Waals surface area (Å²) in [7, 11) is -2.21. The molecule has 0 saturated carbocycles. The number of rotatable bonds is 7. The maximum atomic E-state index is 12.7. The number of hydrogen-bond acceptors (Lipinski definition) is 6. The Labute approximate surface area is 179 Å². The quantitative estimate of drug-likeness (QED) is 0.648. The lowest BCUT2D eigenvalue weighted by atomic mass is 10.2. The fourth-order valence-corrected chi connectivity index (χ4v) is 4.74. The van der Waals surface area contributed by atoms with Gasteiger partial charge in [0.25, 0.3) is 5.91 Å². The van der Waals surface area contributed by atoms with Crippen LogP contribution in [0, 0.1) is 0 Å². The third-order valence-electron chi connectivity index (χ3n) is 4.55. The van der Waals surface area contributed by atoms with Gasteiger partial charge in [-0.2, -0.15) is 4.31 Å². The smallest absolute Gasteiger partial charge is 0.340 e. The standard InChI is InChI=1S/C20H21ClN2O6S/c1-28-15-6-4-5-14(11-15)22-19(24)13-29-20(25)17-12-16(7-8-18(17)21)30(26,27)23-9-2-3-10-23/h4-8,11-12H,2-3,9-10,13H2,1H3,(H,22,24). The number of benzene rings is 2. The first-order valence-electron chi connectivity index (χ1n) is 9.22. The molecule has 8 nitrogen and oxygen atoms in total. The highest BCUT2D eigenvalue weighted by Crippen LogP contribution is 2.26. The molecule has 2 aromatic rings. The number of nitrogens with one attached hydrogen (secondary N) is 1.